The summed E-state index contributed by atoms with van der Waals surface area (Å²) < 4.78 is 36.5. The molecule has 0 fully saturated rings. The van der Waals surface area contributed by atoms with Gasteiger partial charge in [0.25, 0.3) is 10.0 Å². The number of nitrogens with one attached hydrogen (secondary N) is 2. The maximum absolute atomic E-state index is 12.3. The molecule has 0 aliphatic carbocycles. The molecule has 2 aromatic rings. The lowest BCUT2D eigenvalue weighted by molar-refractivity contribution is 0.0527. The normalized spacial score (nSPS) is 11.4. The molecule has 0 aliphatic rings. The third-order valence-corrected chi connectivity index (χ3v) is 4.20. The van der Waals surface area contributed by atoms with Gasteiger partial charge in [-0.15, -0.1) is 0 Å². The molecule has 0 aliphatic heterocycles. The number of rotatable bonds is 5. The Morgan fingerprint density at radius 1 is 1.48 bits per heavy atom. The minimum atomic E-state index is -3.96. The molecular weight excluding hydrogens is 300 g/mol. The Morgan fingerprint density at radius 2 is 2.19 bits per heavy atom. The second-order valence-corrected chi connectivity index (χ2v) is 5.76. The number of aromatic nitrogens is 3. The van der Waals surface area contributed by atoms with Crippen molar-refractivity contribution < 1.29 is 22.5 Å². The lowest BCUT2D eigenvalue weighted by Crippen LogP contribution is -2.17. The van der Waals surface area contributed by atoms with Crippen molar-refractivity contribution in [3.05, 3.63) is 23.2 Å². The Bertz CT molecular complexity index is 742. The Morgan fingerprint density at radius 3 is 2.76 bits per heavy atom. The van der Waals surface area contributed by atoms with Gasteiger partial charge in [-0.3, -0.25) is 9.82 Å². The Kier molecular flexibility index (Phi) is 3.98. The lowest BCUT2D eigenvalue weighted by Gasteiger charge is -2.07. The van der Waals surface area contributed by atoms with Crippen LogP contribution < -0.4 is 4.72 Å². The zero-order valence-corrected chi connectivity index (χ0v) is 12.4. The number of hydrogen-bond donors (Lipinski definition) is 2. The molecule has 0 bridgehead atoms. The summed E-state index contributed by atoms with van der Waals surface area (Å²) in [7, 11) is -3.96. The van der Waals surface area contributed by atoms with Gasteiger partial charge in [-0.1, -0.05) is 5.16 Å². The molecule has 0 aromatic carbocycles. The molecular formula is C11H14N4O5S. The largest absolute Gasteiger partial charge is 0.462 e. The highest BCUT2D eigenvalue weighted by molar-refractivity contribution is 7.92. The molecule has 0 spiro atoms. The Labute approximate surface area is 120 Å². The van der Waals surface area contributed by atoms with E-state index in [1.165, 1.54) is 20.0 Å². The van der Waals surface area contributed by atoms with E-state index < -0.39 is 16.0 Å². The Hall–Kier alpha value is -2.36. The van der Waals surface area contributed by atoms with E-state index in [2.05, 4.69) is 20.1 Å². The topological polar surface area (TPSA) is 127 Å². The first kappa shape index (κ1) is 15.0. The lowest BCUT2D eigenvalue weighted by atomic mass is 10.3. The fourth-order valence-electron chi connectivity index (χ4n) is 1.77. The number of esters is 1. The van der Waals surface area contributed by atoms with E-state index in [0.29, 0.717) is 0 Å². The third kappa shape index (κ3) is 2.89. The van der Waals surface area contributed by atoms with E-state index in [1.54, 1.807) is 6.92 Å². The zero-order chi connectivity index (χ0) is 15.6. The SMILES string of the molecule is CCOC(=O)c1cn[nH]c1NS(=O)(=O)c1c(C)noc1C. The summed E-state index contributed by atoms with van der Waals surface area (Å²) in [5, 5.41) is 9.64. The molecule has 0 unspecified atom stereocenters. The number of anilines is 1. The van der Waals surface area contributed by atoms with Gasteiger partial charge in [-0.05, 0) is 20.8 Å². The highest BCUT2D eigenvalue weighted by Crippen LogP contribution is 2.23. The van der Waals surface area contributed by atoms with Crippen LogP contribution in [0.25, 0.3) is 0 Å². The molecule has 114 valence electrons. The standard InChI is InChI=1S/C11H14N4O5S/c1-4-19-11(16)8-5-12-13-10(8)15-21(17,18)9-6(2)14-20-7(9)3/h5H,4H2,1-3H3,(H2,12,13,15). The summed E-state index contributed by atoms with van der Waals surface area (Å²) in [5.41, 5.74) is 0.212. The van der Waals surface area contributed by atoms with Gasteiger partial charge in [0.05, 0.1) is 12.8 Å². The average Bonchev–Trinajstić information content (AvgIpc) is 2.96. The first-order valence-electron chi connectivity index (χ1n) is 6.03. The van der Waals surface area contributed by atoms with Crippen LogP contribution >= 0.6 is 0 Å². The van der Waals surface area contributed by atoms with Gasteiger partial charge >= 0.3 is 5.97 Å². The van der Waals surface area contributed by atoms with E-state index in [0.717, 1.165) is 0 Å². The number of H-pyrrole nitrogens is 1. The quantitative estimate of drug-likeness (QED) is 0.788. The minimum absolute atomic E-state index is 0.00724. The van der Waals surface area contributed by atoms with Crippen molar-refractivity contribution in [1.29, 1.82) is 0 Å². The van der Waals surface area contributed by atoms with E-state index in [1.807, 2.05) is 0 Å². The summed E-state index contributed by atoms with van der Waals surface area (Å²) in [6.07, 6.45) is 1.18. The van der Waals surface area contributed by atoms with Gasteiger partial charge in [-0.2, -0.15) is 5.10 Å². The smallest absolute Gasteiger partial charge is 0.343 e. The minimum Gasteiger partial charge on any atom is -0.462 e. The summed E-state index contributed by atoms with van der Waals surface area (Å²) in [6.45, 7) is 4.80. The molecule has 9 nitrogen and oxygen atoms in total. The molecule has 0 saturated carbocycles. The molecule has 0 saturated heterocycles. The van der Waals surface area contributed by atoms with Crippen molar-refractivity contribution in [2.45, 2.75) is 25.7 Å². The number of carbonyl (C=O) groups is 1. The summed E-state index contributed by atoms with van der Waals surface area (Å²) in [4.78, 5) is 11.6. The highest BCUT2D eigenvalue weighted by Gasteiger charge is 2.27. The number of aryl methyl sites for hydroxylation is 2. The van der Waals surface area contributed by atoms with Crippen LogP contribution in [0.4, 0.5) is 5.82 Å². The number of carbonyl (C=O) groups excluding carboxylic acids is 1. The number of hydrogen-bond acceptors (Lipinski definition) is 7. The zero-order valence-electron chi connectivity index (χ0n) is 11.6. The van der Waals surface area contributed by atoms with Gasteiger partial charge in [0, 0.05) is 0 Å². The van der Waals surface area contributed by atoms with Gasteiger partial charge < -0.3 is 9.26 Å². The van der Waals surface area contributed by atoms with Crippen molar-refractivity contribution in [3.8, 4) is 0 Å². The molecule has 0 amide bonds. The van der Waals surface area contributed by atoms with E-state index in [9.17, 15) is 13.2 Å². The summed E-state index contributed by atoms with van der Waals surface area (Å²) in [6, 6.07) is 0. The number of aromatic amines is 1. The Balaban J connectivity index is 2.35. The number of ether oxygens (including phenoxy) is 1. The fraction of sp³-hybridized carbons (Fsp3) is 0.364. The average molecular weight is 314 g/mol. The molecule has 2 rings (SSSR count). The predicted molar refractivity (Wildman–Crippen MR) is 71.3 cm³/mol. The van der Waals surface area contributed by atoms with Gasteiger partial charge in [0.2, 0.25) is 0 Å². The van der Waals surface area contributed by atoms with Crippen LogP contribution in [0.15, 0.2) is 15.6 Å². The van der Waals surface area contributed by atoms with E-state index in [-0.39, 0.29) is 34.3 Å². The fourth-order valence-corrected chi connectivity index (χ4v) is 3.14. The first-order chi connectivity index (χ1) is 9.86. The molecule has 21 heavy (non-hydrogen) atoms. The molecule has 10 heteroatoms. The maximum Gasteiger partial charge on any atom is 0.343 e. The molecule has 2 N–H and O–H groups in total. The molecule has 0 radical (unpaired) electrons. The molecule has 2 heterocycles. The van der Waals surface area contributed by atoms with Crippen LogP contribution in [0, 0.1) is 13.8 Å². The van der Waals surface area contributed by atoms with Crippen molar-refractivity contribution in [3.63, 3.8) is 0 Å². The number of nitrogens with zero attached hydrogens (tertiary/aromatic N) is 2. The van der Waals surface area contributed by atoms with Crippen LogP contribution in [-0.4, -0.2) is 36.3 Å². The first-order valence-corrected chi connectivity index (χ1v) is 7.51. The van der Waals surface area contributed by atoms with Crippen molar-refractivity contribution in [2.75, 3.05) is 11.3 Å². The van der Waals surface area contributed by atoms with E-state index in [4.69, 9.17) is 9.26 Å². The maximum atomic E-state index is 12.3. The van der Waals surface area contributed by atoms with Gasteiger partial charge in [-0.25, -0.2) is 13.2 Å². The van der Waals surface area contributed by atoms with Crippen molar-refractivity contribution in [1.82, 2.24) is 15.4 Å². The summed E-state index contributed by atoms with van der Waals surface area (Å²) in [5.74, 6) is -0.603. The van der Waals surface area contributed by atoms with Crippen LogP contribution in [-0.2, 0) is 14.8 Å². The van der Waals surface area contributed by atoms with Crippen LogP contribution in [0.3, 0.4) is 0 Å². The highest BCUT2D eigenvalue weighted by atomic mass is 32.2. The van der Waals surface area contributed by atoms with E-state index >= 15 is 0 Å². The van der Waals surface area contributed by atoms with Crippen LogP contribution in [0.2, 0.25) is 0 Å². The van der Waals surface area contributed by atoms with Crippen LogP contribution in [0.5, 0.6) is 0 Å². The monoisotopic (exact) mass is 314 g/mol. The second kappa shape index (κ2) is 5.56. The van der Waals surface area contributed by atoms with Crippen LogP contribution in [0.1, 0.15) is 28.7 Å². The van der Waals surface area contributed by atoms with Gasteiger partial charge in [0.1, 0.15) is 17.1 Å². The molecule has 0 atom stereocenters. The van der Waals surface area contributed by atoms with Crippen molar-refractivity contribution in [2.24, 2.45) is 0 Å². The van der Waals surface area contributed by atoms with Gasteiger partial charge in [0.15, 0.2) is 10.7 Å². The summed E-state index contributed by atoms with van der Waals surface area (Å²) >= 11 is 0. The number of sulfonamides is 1. The predicted octanol–water partition coefficient (Wildman–Crippen LogP) is 0.992. The molecule has 2 aromatic heterocycles. The third-order valence-electron chi connectivity index (χ3n) is 2.61. The van der Waals surface area contributed by atoms with Crippen molar-refractivity contribution >= 4 is 21.8 Å². The second-order valence-electron chi connectivity index (χ2n) is 4.14.